The predicted octanol–water partition coefficient (Wildman–Crippen LogP) is 2.59. The molecule has 0 N–H and O–H groups in total. The van der Waals surface area contributed by atoms with E-state index in [2.05, 4.69) is 0 Å². The Hall–Kier alpha value is -0.650. The molecule has 1 aromatic rings. The van der Waals surface area contributed by atoms with Gasteiger partial charge < -0.3 is 0 Å². The van der Waals surface area contributed by atoms with E-state index in [1.165, 1.54) is 23.5 Å². The zero-order valence-electron chi connectivity index (χ0n) is 9.94. The van der Waals surface area contributed by atoms with Crippen LogP contribution in [0.2, 0.25) is 0 Å². The summed E-state index contributed by atoms with van der Waals surface area (Å²) in [7, 11) is -2.23. The van der Waals surface area contributed by atoms with Crippen LogP contribution in [-0.2, 0) is 15.9 Å². The average molecular weight is 280 g/mol. The van der Waals surface area contributed by atoms with Gasteiger partial charge in [0, 0.05) is 19.0 Å². The van der Waals surface area contributed by atoms with Crippen LogP contribution in [0.25, 0.3) is 0 Å². The van der Waals surface area contributed by atoms with E-state index in [9.17, 15) is 12.8 Å². The van der Waals surface area contributed by atoms with Crippen molar-refractivity contribution in [2.45, 2.75) is 30.7 Å². The first-order valence-corrected chi connectivity index (χ1v) is 7.10. The molecule has 0 aromatic heterocycles. The second kappa shape index (κ2) is 5.33. The normalized spacial score (nSPS) is 12.4. The van der Waals surface area contributed by atoms with Crippen LogP contribution in [0.1, 0.15) is 19.4 Å². The molecule has 0 amide bonds. The largest absolute Gasteiger partial charge is 0.243 e. The summed E-state index contributed by atoms with van der Waals surface area (Å²) in [5.74, 6) is -0.560. The van der Waals surface area contributed by atoms with Crippen LogP contribution in [0.4, 0.5) is 4.39 Å². The number of alkyl halides is 1. The first-order chi connectivity index (χ1) is 7.80. The molecule has 0 radical (unpaired) electrons. The molecule has 0 aliphatic rings. The van der Waals surface area contributed by atoms with E-state index in [0.717, 1.165) is 6.07 Å². The zero-order valence-corrected chi connectivity index (χ0v) is 11.5. The minimum Gasteiger partial charge on any atom is -0.207 e. The number of hydrogen-bond donors (Lipinski definition) is 0. The van der Waals surface area contributed by atoms with Crippen LogP contribution in [0, 0.1) is 5.82 Å². The highest BCUT2D eigenvalue weighted by Crippen LogP contribution is 2.23. The molecule has 0 unspecified atom stereocenters. The fraction of sp³-hybridized carbons (Fsp3) is 0.455. The summed E-state index contributed by atoms with van der Waals surface area (Å²) < 4.78 is 38.8. The average Bonchev–Trinajstić information content (AvgIpc) is 2.27. The molecule has 1 aromatic carbocycles. The molecule has 0 aliphatic heterocycles. The first kappa shape index (κ1) is 14.4. The number of nitrogens with zero attached hydrogens (tertiary/aromatic N) is 1. The molecule has 0 atom stereocenters. The Morgan fingerprint density at radius 1 is 1.41 bits per heavy atom. The molecular formula is C11H15ClFNO2S. The van der Waals surface area contributed by atoms with E-state index in [1.807, 2.05) is 0 Å². The van der Waals surface area contributed by atoms with Crippen molar-refractivity contribution in [1.82, 2.24) is 4.31 Å². The maximum Gasteiger partial charge on any atom is 0.243 e. The lowest BCUT2D eigenvalue weighted by Gasteiger charge is -2.22. The van der Waals surface area contributed by atoms with Gasteiger partial charge in [0.25, 0.3) is 0 Å². The van der Waals surface area contributed by atoms with Crippen LogP contribution in [-0.4, -0.2) is 25.8 Å². The molecule has 6 heteroatoms. The number of sulfonamides is 1. The van der Waals surface area contributed by atoms with Gasteiger partial charge in [-0.1, -0.05) is 6.07 Å². The van der Waals surface area contributed by atoms with Crippen molar-refractivity contribution in [1.29, 1.82) is 0 Å². The third kappa shape index (κ3) is 2.97. The van der Waals surface area contributed by atoms with Crippen molar-refractivity contribution in [2.24, 2.45) is 0 Å². The highest BCUT2D eigenvalue weighted by molar-refractivity contribution is 7.89. The van der Waals surface area contributed by atoms with E-state index in [4.69, 9.17) is 11.6 Å². The molecule has 0 spiro atoms. The fourth-order valence-corrected chi connectivity index (χ4v) is 3.22. The van der Waals surface area contributed by atoms with Gasteiger partial charge in [0.2, 0.25) is 10.0 Å². The Balaban J connectivity index is 3.37. The number of halogens is 2. The van der Waals surface area contributed by atoms with Crippen molar-refractivity contribution in [3.8, 4) is 0 Å². The van der Waals surface area contributed by atoms with Crippen LogP contribution in [0.5, 0.6) is 0 Å². The summed E-state index contributed by atoms with van der Waals surface area (Å²) in [4.78, 5) is -0.0660. The van der Waals surface area contributed by atoms with Gasteiger partial charge in [-0.3, -0.25) is 0 Å². The van der Waals surface area contributed by atoms with E-state index in [1.54, 1.807) is 13.8 Å². The Labute approximate surface area is 106 Å². The Bertz CT molecular complexity index is 502. The van der Waals surface area contributed by atoms with Gasteiger partial charge in [-0.05, 0) is 31.5 Å². The summed E-state index contributed by atoms with van der Waals surface area (Å²) in [6.07, 6.45) is 0. The summed E-state index contributed by atoms with van der Waals surface area (Å²) >= 11 is 5.67. The quantitative estimate of drug-likeness (QED) is 0.795. The van der Waals surface area contributed by atoms with Crippen LogP contribution >= 0.6 is 11.6 Å². The summed E-state index contributed by atoms with van der Waals surface area (Å²) in [5, 5.41) is 0. The minimum atomic E-state index is -3.69. The van der Waals surface area contributed by atoms with Gasteiger partial charge in [-0.25, -0.2) is 12.8 Å². The van der Waals surface area contributed by atoms with Crippen molar-refractivity contribution < 1.29 is 12.8 Å². The molecular weight excluding hydrogens is 265 g/mol. The molecule has 1 rings (SSSR count). The summed E-state index contributed by atoms with van der Waals surface area (Å²) in [6, 6.07) is 3.40. The van der Waals surface area contributed by atoms with Gasteiger partial charge in [0.15, 0.2) is 0 Å². The number of benzene rings is 1. The molecule has 0 saturated carbocycles. The van der Waals surface area contributed by atoms with Crippen molar-refractivity contribution in [3.63, 3.8) is 0 Å². The van der Waals surface area contributed by atoms with Crippen LogP contribution in [0.15, 0.2) is 23.1 Å². The third-order valence-corrected chi connectivity index (χ3v) is 4.96. The lowest BCUT2D eigenvalue weighted by Crippen LogP contribution is -2.33. The van der Waals surface area contributed by atoms with Crippen LogP contribution < -0.4 is 0 Å². The molecule has 96 valence electrons. The SMILES string of the molecule is CC(C)N(C)S(=O)(=O)c1cc(F)ccc1CCl. The van der Waals surface area contributed by atoms with Crippen molar-refractivity contribution in [3.05, 3.63) is 29.6 Å². The Morgan fingerprint density at radius 3 is 2.47 bits per heavy atom. The number of rotatable bonds is 4. The van der Waals surface area contributed by atoms with Crippen molar-refractivity contribution in [2.75, 3.05) is 7.05 Å². The molecule has 0 aliphatic carbocycles. The van der Waals surface area contributed by atoms with Crippen LogP contribution in [0.3, 0.4) is 0 Å². The van der Waals surface area contributed by atoms with Crippen molar-refractivity contribution >= 4 is 21.6 Å². The second-order valence-electron chi connectivity index (χ2n) is 4.00. The monoisotopic (exact) mass is 279 g/mol. The lowest BCUT2D eigenvalue weighted by atomic mass is 10.2. The number of hydrogen-bond acceptors (Lipinski definition) is 2. The maximum absolute atomic E-state index is 13.2. The second-order valence-corrected chi connectivity index (χ2v) is 6.23. The summed E-state index contributed by atoms with van der Waals surface area (Å²) in [5.41, 5.74) is 0.403. The molecule has 0 saturated heterocycles. The maximum atomic E-state index is 13.2. The zero-order chi connectivity index (χ0) is 13.2. The molecule has 0 bridgehead atoms. The summed E-state index contributed by atoms with van der Waals surface area (Å²) in [6.45, 7) is 3.49. The van der Waals surface area contributed by atoms with Gasteiger partial charge in [0.05, 0.1) is 4.90 Å². The fourth-order valence-electron chi connectivity index (χ4n) is 1.31. The van der Waals surface area contributed by atoms with E-state index >= 15 is 0 Å². The first-order valence-electron chi connectivity index (χ1n) is 5.13. The molecule has 0 fully saturated rings. The Morgan fingerprint density at radius 2 is 2.00 bits per heavy atom. The topological polar surface area (TPSA) is 37.4 Å². The highest BCUT2D eigenvalue weighted by Gasteiger charge is 2.26. The van der Waals surface area contributed by atoms with Gasteiger partial charge in [0.1, 0.15) is 5.82 Å². The Kier molecular flexibility index (Phi) is 4.52. The molecule has 3 nitrogen and oxygen atoms in total. The van der Waals surface area contributed by atoms with E-state index < -0.39 is 15.8 Å². The van der Waals surface area contributed by atoms with Gasteiger partial charge in [-0.15, -0.1) is 11.6 Å². The predicted molar refractivity (Wildman–Crippen MR) is 66.0 cm³/mol. The van der Waals surface area contributed by atoms with E-state index in [-0.39, 0.29) is 16.8 Å². The lowest BCUT2D eigenvalue weighted by molar-refractivity contribution is 0.410. The van der Waals surface area contributed by atoms with Gasteiger partial charge >= 0.3 is 0 Å². The third-order valence-electron chi connectivity index (χ3n) is 2.56. The minimum absolute atomic E-state index is 0.0286. The molecule has 17 heavy (non-hydrogen) atoms. The van der Waals surface area contributed by atoms with Gasteiger partial charge in [-0.2, -0.15) is 4.31 Å². The van der Waals surface area contributed by atoms with E-state index in [0.29, 0.717) is 5.56 Å². The standard InChI is InChI=1S/C11H15ClFNO2S/c1-8(2)14(3)17(15,16)11-6-10(13)5-4-9(11)7-12/h4-6,8H,7H2,1-3H3. The smallest absolute Gasteiger partial charge is 0.207 e. The highest BCUT2D eigenvalue weighted by atomic mass is 35.5. The molecule has 0 heterocycles.